The van der Waals surface area contributed by atoms with Crippen molar-refractivity contribution in [2.45, 2.75) is 6.54 Å². The van der Waals surface area contributed by atoms with Crippen molar-refractivity contribution in [3.8, 4) is 0 Å². The van der Waals surface area contributed by atoms with E-state index in [-0.39, 0.29) is 22.4 Å². The van der Waals surface area contributed by atoms with E-state index < -0.39 is 0 Å². The second kappa shape index (κ2) is 5.56. The zero-order chi connectivity index (χ0) is 7.40. The van der Waals surface area contributed by atoms with Crippen LogP contribution in [0.4, 0.5) is 0 Å². The van der Waals surface area contributed by atoms with E-state index in [0.717, 1.165) is 6.54 Å². The van der Waals surface area contributed by atoms with Crippen molar-refractivity contribution in [2.75, 3.05) is 14.1 Å². The summed E-state index contributed by atoms with van der Waals surface area (Å²) in [5.74, 6) is 0. The molecule has 1 rings (SSSR count). The fourth-order valence-corrected chi connectivity index (χ4v) is 0.870. The van der Waals surface area contributed by atoms with Gasteiger partial charge in [-0.25, -0.2) is 0 Å². The minimum Gasteiger partial charge on any atom is -0.307 e. The van der Waals surface area contributed by atoms with Gasteiger partial charge in [0, 0.05) is 6.54 Å². The van der Waals surface area contributed by atoms with Crippen molar-refractivity contribution >= 4 is 0 Å². The number of rotatable bonds is 2. The molecule has 1 aromatic carbocycles. The van der Waals surface area contributed by atoms with Crippen molar-refractivity contribution in [2.24, 2.45) is 0 Å². The van der Waals surface area contributed by atoms with Gasteiger partial charge in [0.25, 0.3) is 0 Å². The normalized spacial score (nSPS) is 9.36. The Morgan fingerprint density at radius 1 is 1.36 bits per heavy atom. The molecule has 1 aromatic rings. The molecule has 0 saturated carbocycles. The van der Waals surface area contributed by atoms with Crippen LogP contribution in [0.1, 0.15) is 5.56 Å². The van der Waals surface area contributed by atoms with E-state index in [9.17, 15) is 0 Å². The topological polar surface area (TPSA) is 3.24 Å². The maximum Gasteiger partial charge on any atom is 1.00 e. The molecule has 0 aliphatic heterocycles. The van der Waals surface area contributed by atoms with E-state index in [2.05, 4.69) is 31.1 Å². The van der Waals surface area contributed by atoms with Crippen molar-refractivity contribution < 1.29 is 22.4 Å². The predicted octanol–water partition coefficient (Wildman–Crippen LogP) is 1.55. The molecular formula is C9H12AuN. The van der Waals surface area contributed by atoms with Gasteiger partial charge < -0.3 is 4.90 Å². The van der Waals surface area contributed by atoms with Gasteiger partial charge in [0.05, 0.1) is 0 Å². The molecule has 0 aromatic heterocycles. The predicted molar refractivity (Wildman–Crippen MR) is 42.7 cm³/mol. The first-order valence-electron chi connectivity index (χ1n) is 3.39. The first-order valence-corrected chi connectivity index (χ1v) is 3.39. The quantitative estimate of drug-likeness (QED) is 0.587. The van der Waals surface area contributed by atoms with Gasteiger partial charge in [-0.15, -0.1) is 5.56 Å². The van der Waals surface area contributed by atoms with Gasteiger partial charge in [-0.3, -0.25) is 0 Å². The number of hydrogen-bond donors (Lipinski definition) is 0. The molecule has 0 aliphatic rings. The van der Waals surface area contributed by atoms with Crippen LogP contribution in [0, 0.1) is 6.07 Å². The maximum absolute atomic E-state index is 3.16. The molecule has 0 amide bonds. The molecular weight excluding hydrogens is 319 g/mol. The molecule has 0 bridgehead atoms. The summed E-state index contributed by atoms with van der Waals surface area (Å²) >= 11 is 0. The molecule has 64 valence electrons. The third-order valence-electron chi connectivity index (χ3n) is 1.26. The first-order chi connectivity index (χ1) is 4.79. The molecule has 2 heteroatoms. The van der Waals surface area contributed by atoms with Gasteiger partial charge in [0.1, 0.15) is 0 Å². The molecule has 0 spiro atoms. The summed E-state index contributed by atoms with van der Waals surface area (Å²) in [7, 11) is 4.11. The first kappa shape index (κ1) is 10.9. The molecule has 0 N–H and O–H groups in total. The van der Waals surface area contributed by atoms with Gasteiger partial charge in [0.2, 0.25) is 0 Å². The summed E-state index contributed by atoms with van der Waals surface area (Å²) in [5, 5.41) is 0. The van der Waals surface area contributed by atoms with E-state index in [1.807, 2.05) is 18.2 Å². The number of hydrogen-bond acceptors (Lipinski definition) is 1. The molecule has 1 nitrogen and oxygen atoms in total. The second-order valence-corrected chi connectivity index (χ2v) is 2.63. The van der Waals surface area contributed by atoms with Crippen LogP contribution in [-0.2, 0) is 28.9 Å². The SMILES string of the molecule is CN(C)Cc1[c-]cccc1.[Au+]. The molecule has 0 fully saturated rings. The molecule has 0 unspecified atom stereocenters. The molecule has 0 heterocycles. The van der Waals surface area contributed by atoms with Crippen LogP contribution in [0.2, 0.25) is 0 Å². The smallest absolute Gasteiger partial charge is 0.307 e. The van der Waals surface area contributed by atoms with E-state index in [0.29, 0.717) is 0 Å². The minimum absolute atomic E-state index is 0. The van der Waals surface area contributed by atoms with Gasteiger partial charge in [-0.1, -0.05) is 0 Å². The Morgan fingerprint density at radius 3 is 2.55 bits per heavy atom. The summed E-state index contributed by atoms with van der Waals surface area (Å²) in [4.78, 5) is 2.13. The average molecular weight is 331 g/mol. The average Bonchev–Trinajstić information content (AvgIpc) is 1.88. The summed E-state index contributed by atoms with van der Waals surface area (Å²) in [6.45, 7) is 0.973. The minimum atomic E-state index is 0. The number of benzene rings is 1. The zero-order valence-electron chi connectivity index (χ0n) is 6.77. The van der Waals surface area contributed by atoms with Crippen LogP contribution in [0.15, 0.2) is 24.3 Å². The van der Waals surface area contributed by atoms with Gasteiger partial charge in [-0.05, 0) is 14.1 Å². The molecule has 0 atom stereocenters. The summed E-state index contributed by atoms with van der Waals surface area (Å²) in [6.07, 6.45) is 0. The number of nitrogens with zero attached hydrogens (tertiary/aromatic N) is 1. The summed E-state index contributed by atoms with van der Waals surface area (Å²) in [6, 6.07) is 11.2. The Labute approximate surface area is 83.9 Å². The van der Waals surface area contributed by atoms with Crippen molar-refractivity contribution in [1.29, 1.82) is 0 Å². The third-order valence-corrected chi connectivity index (χ3v) is 1.26. The molecule has 0 aliphatic carbocycles. The van der Waals surface area contributed by atoms with E-state index in [1.165, 1.54) is 5.56 Å². The summed E-state index contributed by atoms with van der Waals surface area (Å²) in [5.41, 5.74) is 1.24. The van der Waals surface area contributed by atoms with Crippen LogP contribution in [0.5, 0.6) is 0 Å². The van der Waals surface area contributed by atoms with E-state index in [1.54, 1.807) is 0 Å². The van der Waals surface area contributed by atoms with E-state index >= 15 is 0 Å². The van der Waals surface area contributed by atoms with E-state index in [4.69, 9.17) is 0 Å². The Hall–Kier alpha value is -0.0797. The Kier molecular flexibility index (Phi) is 5.52. The van der Waals surface area contributed by atoms with Crippen LogP contribution >= 0.6 is 0 Å². The fourth-order valence-electron chi connectivity index (χ4n) is 0.870. The van der Waals surface area contributed by atoms with Crippen molar-refractivity contribution in [1.82, 2.24) is 4.90 Å². The van der Waals surface area contributed by atoms with Crippen LogP contribution in [0.3, 0.4) is 0 Å². The van der Waals surface area contributed by atoms with Gasteiger partial charge in [0.15, 0.2) is 0 Å². The zero-order valence-corrected chi connectivity index (χ0v) is 8.93. The standard InChI is InChI=1S/C9H12N.Au/c1-10(2)8-9-6-4-3-5-7-9;/h3-6H,8H2,1-2H3;/q-1;+1. The van der Waals surface area contributed by atoms with Crippen LogP contribution in [0.25, 0.3) is 0 Å². The molecule has 11 heavy (non-hydrogen) atoms. The van der Waals surface area contributed by atoms with Crippen LogP contribution in [-0.4, -0.2) is 19.0 Å². The van der Waals surface area contributed by atoms with Gasteiger partial charge in [-0.2, -0.15) is 30.3 Å². The van der Waals surface area contributed by atoms with Crippen molar-refractivity contribution in [3.05, 3.63) is 35.9 Å². The third kappa shape index (κ3) is 4.38. The molecule has 0 saturated heterocycles. The Morgan fingerprint density at radius 2 is 2.09 bits per heavy atom. The summed E-state index contributed by atoms with van der Waals surface area (Å²) < 4.78 is 0. The Balaban J connectivity index is 0.000001000. The molecule has 0 radical (unpaired) electrons. The second-order valence-electron chi connectivity index (χ2n) is 2.63. The maximum atomic E-state index is 3.16. The van der Waals surface area contributed by atoms with Crippen LogP contribution < -0.4 is 0 Å². The largest absolute Gasteiger partial charge is 1.00 e. The Bertz CT molecular complexity index is 184. The van der Waals surface area contributed by atoms with Gasteiger partial charge >= 0.3 is 22.4 Å². The monoisotopic (exact) mass is 331 g/mol. The fraction of sp³-hybridized carbons (Fsp3) is 0.333. The van der Waals surface area contributed by atoms with Crippen molar-refractivity contribution in [3.63, 3.8) is 0 Å².